The second kappa shape index (κ2) is 9.46. The van der Waals surface area contributed by atoms with Gasteiger partial charge in [-0.1, -0.05) is 30.3 Å². The Labute approximate surface area is 198 Å². The van der Waals surface area contributed by atoms with Crippen LogP contribution in [0.25, 0.3) is 17.2 Å². The molecule has 9 nitrogen and oxygen atoms in total. The highest BCUT2D eigenvalue weighted by Gasteiger charge is 2.38. The topological polar surface area (TPSA) is 102 Å². The van der Waals surface area contributed by atoms with Crippen molar-refractivity contribution in [3.8, 4) is 17.2 Å². The van der Waals surface area contributed by atoms with Crippen LogP contribution in [0, 0.1) is 13.8 Å². The van der Waals surface area contributed by atoms with Crippen LogP contribution in [-0.4, -0.2) is 49.8 Å². The summed E-state index contributed by atoms with van der Waals surface area (Å²) in [5.41, 5.74) is 4.68. The third-order valence-corrected chi connectivity index (χ3v) is 5.68. The van der Waals surface area contributed by atoms with E-state index in [9.17, 15) is 9.59 Å². The number of carbonyl (C=O) groups excluding carboxylic acids is 2. The van der Waals surface area contributed by atoms with Crippen LogP contribution < -0.4 is 5.32 Å². The summed E-state index contributed by atoms with van der Waals surface area (Å²) < 4.78 is 6.96. The predicted octanol–water partition coefficient (Wildman–Crippen LogP) is 3.87. The smallest absolute Gasteiger partial charge is 0.338 e. The van der Waals surface area contributed by atoms with Gasteiger partial charge in [-0.25, -0.2) is 24.2 Å². The van der Waals surface area contributed by atoms with Crippen molar-refractivity contribution < 1.29 is 14.3 Å². The van der Waals surface area contributed by atoms with Crippen molar-refractivity contribution in [1.29, 1.82) is 0 Å². The molecule has 3 heterocycles. The van der Waals surface area contributed by atoms with Gasteiger partial charge in [-0.2, -0.15) is 5.10 Å². The Morgan fingerprint density at radius 1 is 1.09 bits per heavy atom. The van der Waals surface area contributed by atoms with E-state index in [0.717, 1.165) is 17.0 Å². The van der Waals surface area contributed by atoms with Crippen molar-refractivity contribution in [2.45, 2.75) is 40.7 Å². The second-order valence-corrected chi connectivity index (χ2v) is 8.04. The lowest BCUT2D eigenvalue weighted by atomic mass is 9.93. The summed E-state index contributed by atoms with van der Waals surface area (Å²) in [4.78, 5) is 36.6. The standard InChI is InChI=1S/C25H28N6O3/c1-6-30-17(5)20(23(32)34-7-2)22(28-25(30)33)19-14-31(24-26-15(3)13-16(4)27-24)29-21(19)18-11-9-8-10-12-18/h8-14,22H,6-7H2,1-5H3,(H,28,33). The number of carbonyl (C=O) groups is 2. The van der Waals surface area contributed by atoms with Crippen LogP contribution >= 0.6 is 0 Å². The minimum atomic E-state index is -0.746. The maximum absolute atomic E-state index is 13.1. The Morgan fingerprint density at radius 2 is 1.76 bits per heavy atom. The van der Waals surface area contributed by atoms with Crippen LogP contribution in [-0.2, 0) is 9.53 Å². The molecule has 1 N–H and O–H groups in total. The molecule has 1 aromatic carbocycles. The zero-order valence-corrected chi connectivity index (χ0v) is 20.0. The first-order valence-corrected chi connectivity index (χ1v) is 11.3. The number of nitrogens with zero attached hydrogens (tertiary/aromatic N) is 5. The Kier molecular flexibility index (Phi) is 6.45. The van der Waals surface area contributed by atoms with E-state index < -0.39 is 12.0 Å². The summed E-state index contributed by atoms with van der Waals surface area (Å²) >= 11 is 0. The van der Waals surface area contributed by atoms with Crippen LogP contribution in [0.1, 0.15) is 43.8 Å². The molecular formula is C25H28N6O3. The van der Waals surface area contributed by atoms with Gasteiger partial charge in [0.1, 0.15) is 0 Å². The molecule has 2 aromatic heterocycles. The SMILES string of the molecule is CCOC(=O)C1=C(C)N(CC)C(=O)NC1c1cn(-c2nc(C)cc(C)n2)nc1-c1ccccc1. The highest BCUT2D eigenvalue weighted by Crippen LogP contribution is 2.36. The summed E-state index contributed by atoms with van der Waals surface area (Å²) in [5.74, 6) is -0.0606. The van der Waals surface area contributed by atoms with E-state index in [2.05, 4.69) is 15.3 Å². The zero-order chi connectivity index (χ0) is 24.4. The van der Waals surface area contributed by atoms with Crippen molar-refractivity contribution in [1.82, 2.24) is 30.0 Å². The number of ether oxygens (including phenoxy) is 1. The minimum absolute atomic E-state index is 0.226. The monoisotopic (exact) mass is 460 g/mol. The molecule has 0 saturated heterocycles. The van der Waals surface area contributed by atoms with E-state index in [1.165, 1.54) is 4.90 Å². The molecule has 2 amide bonds. The third-order valence-electron chi connectivity index (χ3n) is 5.68. The van der Waals surface area contributed by atoms with E-state index in [-0.39, 0.29) is 12.6 Å². The molecule has 34 heavy (non-hydrogen) atoms. The fraction of sp³-hybridized carbons (Fsp3) is 0.320. The number of amides is 2. The first-order chi connectivity index (χ1) is 16.3. The van der Waals surface area contributed by atoms with Gasteiger partial charge in [0.05, 0.1) is 23.9 Å². The molecule has 0 spiro atoms. The van der Waals surface area contributed by atoms with E-state index in [1.807, 2.05) is 57.2 Å². The lowest BCUT2D eigenvalue weighted by Gasteiger charge is -2.34. The summed E-state index contributed by atoms with van der Waals surface area (Å²) in [6, 6.07) is 10.5. The summed E-state index contributed by atoms with van der Waals surface area (Å²) in [7, 11) is 0. The van der Waals surface area contributed by atoms with E-state index >= 15 is 0 Å². The number of urea groups is 1. The Bertz CT molecular complexity index is 1240. The second-order valence-electron chi connectivity index (χ2n) is 8.04. The molecule has 1 aliphatic heterocycles. The lowest BCUT2D eigenvalue weighted by molar-refractivity contribution is -0.139. The molecule has 9 heteroatoms. The number of aromatic nitrogens is 4. The van der Waals surface area contributed by atoms with E-state index in [0.29, 0.717) is 35.0 Å². The van der Waals surface area contributed by atoms with Crippen LogP contribution in [0.5, 0.6) is 0 Å². The Hall–Kier alpha value is -4.01. The molecule has 0 fully saturated rings. The minimum Gasteiger partial charge on any atom is -0.463 e. The number of nitrogens with one attached hydrogen (secondary N) is 1. The highest BCUT2D eigenvalue weighted by atomic mass is 16.5. The largest absolute Gasteiger partial charge is 0.463 e. The normalized spacial score (nSPS) is 16.0. The average Bonchev–Trinajstić information content (AvgIpc) is 3.24. The van der Waals surface area contributed by atoms with Gasteiger partial charge < -0.3 is 10.1 Å². The number of hydrogen-bond acceptors (Lipinski definition) is 6. The van der Waals surface area contributed by atoms with Gasteiger partial charge in [-0.15, -0.1) is 0 Å². The summed E-state index contributed by atoms with van der Waals surface area (Å²) in [5, 5.41) is 7.77. The molecule has 4 rings (SSSR count). The van der Waals surface area contributed by atoms with Crippen molar-refractivity contribution in [2.24, 2.45) is 0 Å². The van der Waals surface area contributed by atoms with Crippen molar-refractivity contribution in [3.05, 3.63) is 70.8 Å². The summed E-state index contributed by atoms with van der Waals surface area (Å²) in [6.45, 7) is 9.82. The maximum atomic E-state index is 13.1. The average molecular weight is 461 g/mol. The molecule has 0 radical (unpaired) electrons. The molecule has 0 saturated carbocycles. The Morgan fingerprint density at radius 3 is 2.38 bits per heavy atom. The van der Waals surface area contributed by atoms with Crippen LogP contribution in [0.3, 0.4) is 0 Å². The van der Waals surface area contributed by atoms with Gasteiger partial charge in [0.15, 0.2) is 0 Å². The molecule has 1 unspecified atom stereocenters. The van der Waals surface area contributed by atoms with Gasteiger partial charge >= 0.3 is 12.0 Å². The predicted molar refractivity (Wildman–Crippen MR) is 127 cm³/mol. The number of aryl methyl sites for hydroxylation is 2. The third kappa shape index (κ3) is 4.28. The van der Waals surface area contributed by atoms with Crippen molar-refractivity contribution in [3.63, 3.8) is 0 Å². The van der Waals surface area contributed by atoms with Crippen LogP contribution in [0.2, 0.25) is 0 Å². The van der Waals surface area contributed by atoms with Gasteiger partial charge in [-0.05, 0) is 40.7 Å². The molecule has 0 aliphatic carbocycles. The lowest BCUT2D eigenvalue weighted by Crippen LogP contribution is -2.48. The molecular weight excluding hydrogens is 432 g/mol. The van der Waals surface area contributed by atoms with Gasteiger partial charge in [0.2, 0.25) is 0 Å². The number of benzene rings is 1. The molecule has 1 atom stereocenters. The first kappa shape index (κ1) is 23.2. The number of allylic oxidation sites excluding steroid dienone is 1. The van der Waals surface area contributed by atoms with E-state index in [4.69, 9.17) is 9.84 Å². The summed E-state index contributed by atoms with van der Waals surface area (Å²) in [6.07, 6.45) is 1.77. The van der Waals surface area contributed by atoms with E-state index in [1.54, 1.807) is 24.7 Å². The van der Waals surface area contributed by atoms with Gasteiger partial charge in [0, 0.05) is 41.0 Å². The van der Waals surface area contributed by atoms with Crippen molar-refractivity contribution in [2.75, 3.05) is 13.2 Å². The van der Waals surface area contributed by atoms with Crippen molar-refractivity contribution >= 4 is 12.0 Å². The number of esters is 1. The fourth-order valence-corrected chi connectivity index (χ4v) is 4.20. The van der Waals surface area contributed by atoms with Crippen LogP contribution in [0.4, 0.5) is 4.79 Å². The number of rotatable bonds is 6. The van der Waals surface area contributed by atoms with Gasteiger partial charge in [-0.3, -0.25) is 4.90 Å². The zero-order valence-electron chi connectivity index (χ0n) is 20.0. The quantitative estimate of drug-likeness (QED) is 0.560. The molecule has 1 aliphatic rings. The highest BCUT2D eigenvalue weighted by molar-refractivity contribution is 5.95. The Balaban J connectivity index is 1.94. The molecule has 3 aromatic rings. The maximum Gasteiger partial charge on any atom is 0.338 e. The molecule has 176 valence electrons. The fourth-order valence-electron chi connectivity index (χ4n) is 4.20. The van der Waals surface area contributed by atoms with Crippen LogP contribution in [0.15, 0.2) is 53.9 Å². The number of hydrogen-bond donors (Lipinski definition) is 1. The molecule has 0 bridgehead atoms. The van der Waals surface area contributed by atoms with Gasteiger partial charge in [0.25, 0.3) is 5.95 Å². The first-order valence-electron chi connectivity index (χ1n) is 11.3.